The quantitative estimate of drug-likeness (QED) is 0.584. The van der Waals surface area contributed by atoms with E-state index >= 15 is 0 Å². The second-order valence-electron chi connectivity index (χ2n) is 6.32. The molecule has 26 heavy (non-hydrogen) atoms. The molecule has 2 heterocycles. The molecule has 0 bridgehead atoms. The Kier molecular flexibility index (Phi) is 3.71. The Hall–Kier alpha value is -2.90. The molecule has 0 fully saturated rings. The normalized spacial score (nSPS) is 12.3. The number of pyridine rings is 1. The first-order chi connectivity index (χ1) is 12.4. The number of hydrogen-bond acceptors (Lipinski definition) is 3. The van der Waals surface area contributed by atoms with Gasteiger partial charge in [0.25, 0.3) is 5.56 Å². The molecule has 0 spiro atoms. The van der Waals surface area contributed by atoms with E-state index in [1.54, 1.807) is 24.3 Å². The average molecular weight is 367 g/mol. The number of nitrogens with zero attached hydrogens (tertiary/aromatic N) is 1. The van der Waals surface area contributed by atoms with E-state index in [-0.39, 0.29) is 10.5 Å². The molecule has 0 saturated heterocycles. The van der Waals surface area contributed by atoms with Gasteiger partial charge in [-0.1, -0.05) is 18.2 Å². The van der Waals surface area contributed by atoms with Crippen molar-refractivity contribution in [2.75, 3.05) is 14.1 Å². The van der Waals surface area contributed by atoms with Crippen molar-refractivity contribution in [3.63, 3.8) is 0 Å². The molecule has 0 amide bonds. The van der Waals surface area contributed by atoms with Crippen molar-refractivity contribution >= 4 is 31.8 Å². The summed E-state index contributed by atoms with van der Waals surface area (Å²) >= 11 is 0. The minimum absolute atomic E-state index is 0.198. The molecule has 2 N–H and O–H groups in total. The van der Waals surface area contributed by atoms with Gasteiger partial charge in [0.2, 0.25) is 10.0 Å². The highest BCUT2D eigenvalue weighted by molar-refractivity contribution is 7.89. The van der Waals surface area contributed by atoms with Crippen LogP contribution in [-0.2, 0) is 10.0 Å². The molecule has 0 aliphatic heterocycles. The topological polar surface area (TPSA) is 86.0 Å². The van der Waals surface area contributed by atoms with Crippen LogP contribution in [0.2, 0.25) is 0 Å². The molecular formula is C19H17N3O3S. The number of benzene rings is 2. The molecule has 2 aromatic carbocycles. The highest BCUT2D eigenvalue weighted by atomic mass is 32.2. The molecule has 2 aromatic heterocycles. The number of nitrogens with one attached hydrogen (secondary N) is 2. The first-order valence-electron chi connectivity index (χ1n) is 8.04. The summed E-state index contributed by atoms with van der Waals surface area (Å²) in [7, 11) is -0.516. The minimum Gasteiger partial charge on any atom is -0.354 e. The van der Waals surface area contributed by atoms with Gasteiger partial charge in [0.1, 0.15) is 0 Å². The van der Waals surface area contributed by atoms with E-state index < -0.39 is 10.0 Å². The van der Waals surface area contributed by atoms with E-state index in [0.717, 1.165) is 21.8 Å². The lowest BCUT2D eigenvalue weighted by atomic mass is 10.1. The van der Waals surface area contributed by atoms with Gasteiger partial charge in [-0.15, -0.1) is 0 Å². The van der Waals surface area contributed by atoms with Crippen LogP contribution in [0.25, 0.3) is 33.1 Å². The average Bonchev–Trinajstić information content (AvgIpc) is 3.03. The van der Waals surface area contributed by atoms with E-state index in [2.05, 4.69) is 9.97 Å². The Morgan fingerprint density at radius 3 is 2.35 bits per heavy atom. The van der Waals surface area contributed by atoms with Crippen molar-refractivity contribution < 1.29 is 8.42 Å². The third-order valence-electron chi connectivity index (χ3n) is 4.41. The summed E-state index contributed by atoms with van der Waals surface area (Å²) in [5.74, 6) is 0. The lowest BCUT2D eigenvalue weighted by Gasteiger charge is -2.10. The Morgan fingerprint density at radius 1 is 0.846 bits per heavy atom. The van der Waals surface area contributed by atoms with Crippen LogP contribution in [-0.4, -0.2) is 36.8 Å². The molecule has 6 nitrogen and oxygen atoms in total. The standard InChI is InChI=1S/C19H17N3O3S/c1-22(2)26(24,25)14-7-8-17-13(9-14)11-18(20-17)15-10-12-5-3-4-6-16(12)21-19(15)23/h3-11,20H,1-2H3,(H,21,23). The maximum Gasteiger partial charge on any atom is 0.257 e. The number of H-pyrrole nitrogens is 2. The minimum atomic E-state index is -3.51. The number of rotatable bonds is 3. The zero-order chi connectivity index (χ0) is 18.5. The molecule has 132 valence electrons. The summed E-state index contributed by atoms with van der Waals surface area (Å²) in [5.41, 5.74) is 2.50. The third-order valence-corrected chi connectivity index (χ3v) is 6.23. The van der Waals surface area contributed by atoms with Gasteiger partial charge in [0.05, 0.1) is 16.2 Å². The maximum absolute atomic E-state index is 12.4. The van der Waals surface area contributed by atoms with Gasteiger partial charge in [-0.25, -0.2) is 12.7 Å². The lowest BCUT2D eigenvalue weighted by molar-refractivity contribution is 0.521. The maximum atomic E-state index is 12.4. The lowest BCUT2D eigenvalue weighted by Crippen LogP contribution is -2.22. The van der Waals surface area contributed by atoms with Gasteiger partial charge < -0.3 is 9.97 Å². The van der Waals surface area contributed by atoms with E-state index in [0.29, 0.717) is 11.3 Å². The SMILES string of the molecule is CN(C)S(=O)(=O)c1ccc2[nH]c(-c3cc4ccccc4[nH]c3=O)cc2c1. The summed E-state index contributed by atoms with van der Waals surface area (Å²) < 4.78 is 25.8. The van der Waals surface area contributed by atoms with Crippen molar-refractivity contribution in [3.8, 4) is 11.3 Å². The number of fused-ring (bicyclic) bond motifs is 2. The third kappa shape index (κ3) is 2.61. The van der Waals surface area contributed by atoms with Crippen LogP contribution < -0.4 is 5.56 Å². The highest BCUT2D eigenvalue weighted by Gasteiger charge is 2.18. The van der Waals surface area contributed by atoms with Crippen molar-refractivity contribution in [1.29, 1.82) is 0 Å². The van der Waals surface area contributed by atoms with Crippen molar-refractivity contribution in [3.05, 3.63) is 65.0 Å². The molecule has 0 atom stereocenters. The van der Waals surface area contributed by atoms with Gasteiger partial charge in [0.15, 0.2) is 0 Å². The van der Waals surface area contributed by atoms with Crippen LogP contribution >= 0.6 is 0 Å². The number of para-hydroxylation sites is 1. The second-order valence-corrected chi connectivity index (χ2v) is 8.47. The summed E-state index contributed by atoms with van der Waals surface area (Å²) in [4.78, 5) is 18.7. The van der Waals surface area contributed by atoms with Gasteiger partial charge in [-0.05, 0) is 41.8 Å². The predicted molar refractivity (Wildman–Crippen MR) is 103 cm³/mol. The van der Waals surface area contributed by atoms with Crippen LogP contribution in [0.5, 0.6) is 0 Å². The molecule has 0 unspecified atom stereocenters. The molecule has 0 aliphatic rings. The molecular weight excluding hydrogens is 350 g/mol. The van der Waals surface area contributed by atoms with Crippen molar-refractivity contribution in [1.82, 2.24) is 14.3 Å². The summed E-state index contributed by atoms with van der Waals surface area (Å²) in [5, 5.41) is 1.66. The molecule has 4 rings (SSSR count). The van der Waals surface area contributed by atoms with Crippen LogP contribution in [0.1, 0.15) is 0 Å². The zero-order valence-electron chi connectivity index (χ0n) is 14.3. The summed E-state index contributed by atoms with van der Waals surface area (Å²) in [6.07, 6.45) is 0. The van der Waals surface area contributed by atoms with Gasteiger partial charge in [0, 0.05) is 30.5 Å². The number of aromatic nitrogens is 2. The van der Waals surface area contributed by atoms with Crippen LogP contribution in [0.4, 0.5) is 0 Å². The summed E-state index contributed by atoms with van der Waals surface area (Å²) in [6.45, 7) is 0. The molecule has 0 saturated carbocycles. The Bertz CT molecular complexity index is 1300. The van der Waals surface area contributed by atoms with Crippen LogP contribution in [0.15, 0.2) is 64.3 Å². The first-order valence-corrected chi connectivity index (χ1v) is 9.48. The van der Waals surface area contributed by atoms with Crippen LogP contribution in [0, 0.1) is 0 Å². The monoisotopic (exact) mass is 367 g/mol. The fourth-order valence-electron chi connectivity index (χ4n) is 2.97. The molecule has 4 aromatic rings. The van der Waals surface area contributed by atoms with E-state index in [1.165, 1.54) is 18.4 Å². The number of hydrogen-bond donors (Lipinski definition) is 2. The van der Waals surface area contributed by atoms with E-state index in [4.69, 9.17) is 0 Å². The van der Waals surface area contributed by atoms with E-state index in [1.807, 2.05) is 30.3 Å². The largest absolute Gasteiger partial charge is 0.354 e. The van der Waals surface area contributed by atoms with Crippen molar-refractivity contribution in [2.24, 2.45) is 0 Å². The number of sulfonamides is 1. The molecule has 0 aliphatic carbocycles. The molecule has 0 radical (unpaired) electrons. The first kappa shape index (κ1) is 16.6. The predicted octanol–water partition coefficient (Wildman–Crippen LogP) is 2.93. The van der Waals surface area contributed by atoms with E-state index in [9.17, 15) is 13.2 Å². The van der Waals surface area contributed by atoms with Gasteiger partial charge >= 0.3 is 0 Å². The van der Waals surface area contributed by atoms with Gasteiger partial charge in [-0.3, -0.25) is 4.79 Å². The number of aromatic amines is 2. The fraction of sp³-hybridized carbons (Fsp3) is 0.105. The van der Waals surface area contributed by atoms with Gasteiger partial charge in [-0.2, -0.15) is 0 Å². The zero-order valence-corrected chi connectivity index (χ0v) is 15.1. The Labute approximate surface area is 150 Å². The summed E-state index contributed by atoms with van der Waals surface area (Å²) in [6, 6.07) is 16.1. The molecule has 7 heteroatoms. The smallest absolute Gasteiger partial charge is 0.257 e. The second kappa shape index (κ2) is 5.82. The highest BCUT2D eigenvalue weighted by Crippen LogP contribution is 2.26. The Balaban J connectivity index is 1.89. The fourth-order valence-corrected chi connectivity index (χ4v) is 3.91. The van der Waals surface area contributed by atoms with Crippen LogP contribution in [0.3, 0.4) is 0 Å². The van der Waals surface area contributed by atoms with Crippen molar-refractivity contribution in [2.45, 2.75) is 4.90 Å². The Morgan fingerprint density at radius 2 is 1.58 bits per heavy atom.